The number of carbonyl (C=O) groups excluding carboxylic acids is 1. The van der Waals surface area contributed by atoms with Crippen LogP contribution in [0.25, 0.3) is 5.78 Å². The smallest absolute Gasteiger partial charge is 0.378 e. The maximum atomic E-state index is 12.4. The van der Waals surface area contributed by atoms with Crippen molar-refractivity contribution in [2.45, 2.75) is 27.1 Å². The molecule has 26 heavy (non-hydrogen) atoms. The molecule has 0 radical (unpaired) electrons. The lowest BCUT2D eigenvalue weighted by Gasteiger charge is -2.20. The number of benzene rings is 1. The summed E-state index contributed by atoms with van der Waals surface area (Å²) in [5, 5.41) is 4.68. The molecule has 2 aromatic heterocycles. The van der Waals surface area contributed by atoms with Gasteiger partial charge in [-0.15, -0.1) is 5.10 Å². The number of aryl methyl sites for hydroxylation is 2. The van der Waals surface area contributed by atoms with Crippen LogP contribution < -0.4 is 4.74 Å². The molecule has 134 valence electrons. The van der Waals surface area contributed by atoms with Crippen molar-refractivity contribution in [3.05, 3.63) is 51.6 Å². The first-order valence-corrected chi connectivity index (χ1v) is 8.29. The van der Waals surface area contributed by atoms with Gasteiger partial charge in [-0.1, -0.05) is 11.6 Å². The molecule has 1 aliphatic rings. The van der Waals surface area contributed by atoms with E-state index in [2.05, 4.69) is 15.1 Å². The van der Waals surface area contributed by atoms with Gasteiger partial charge in [0.2, 0.25) is 0 Å². The predicted molar refractivity (Wildman–Crippen MR) is 91.1 cm³/mol. The molecule has 1 aliphatic heterocycles. The molecule has 8 nitrogen and oxygen atoms in total. The summed E-state index contributed by atoms with van der Waals surface area (Å²) in [4.78, 5) is 20.7. The summed E-state index contributed by atoms with van der Waals surface area (Å²) in [5.74, 6) is 0.291. The molecule has 4 rings (SSSR count). The number of hydrogen-bond acceptors (Lipinski definition) is 7. The van der Waals surface area contributed by atoms with Crippen molar-refractivity contribution >= 4 is 23.3 Å². The summed E-state index contributed by atoms with van der Waals surface area (Å²) in [7, 11) is 0. The maximum absolute atomic E-state index is 12.4. The average Bonchev–Trinajstić information content (AvgIpc) is 3.03. The molecule has 0 unspecified atom stereocenters. The monoisotopic (exact) mass is 374 g/mol. The molecular weight excluding hydrogens is 360 g/mol. The lowest BCUT2D eigenvalue weighted by atomic mass is 10.1. The summed E-state index contributed by atoms with van der Waals surface area (Å²) in [6.07, 6.45) is 0. The quantitative estimate of drug-likeness (QED) is 0.651. The van der Waals surface area contributed by atoms with Crippen LogP contribution in [0.4, 0.5) is 0 Å². The van der Waals surface area contributed by atoms with Crippen LogP contribution in [0, 0.1) is 13.8 Å². The average molecular weight is 375 g/mol. The first-order valence-electron chi connectivity index (χ1n) is 7.91. The lowest BCUT2D eigenvalue weighted by Crippen LogP contribution is -2.14. The summed E-state index contributed by atoms with van der Waals surface area (Å²) in [6.45, 7) is 4.25. The molecule has 0 amide bonds. The molecule has 3 heterocycles. The number of aromatic nitrogens is 4. The largest absolute Gasteiger partial charge is 0.467 e. The fourth-order valence-electron chi connectivity index (χ4n) is 2.82. The third-order valence-electron chi connectivity index (χ3n) is 3.91. The maximum Gasteiger partial charge on any atom is 0.378 e. The van der Waals surface area contributed by atoms with Crippen LogP contribution in [0.5, 0.6) is 5.75 Å². The van der Waals surface area contributed by atoms with Gasteiger partial charge in [-0.3, -0.25) is 0 Å². The zero-order valence-electron chi connectivity index (χ0n) is 14.2. The molecular formula is C17H15ClN4O4. The first kappa shape index (κ1) is 16.7. The summed E-state index contributed by atoms with van der Waals surface area (Å²) in [5.41, 5.74) is 3.11. The second-order valence-corrected chi connectivity index (χ2v) is 6.36. The van der Waals surface area contributed by atoms with Crippen LogP contribution in [0.15, 0.2) is 18.2 Å². The van der Waals surface area contributed by atoms with Gasteiger partial charge >= 0.3 is 5.97 Å². The van der Waals surface area contributed by atoms with Gasteiger partial charge in [-0.2, -0.15) is 4.98 Å². The highest BCUT2D eigenvalue weighted by atomic mass is 35.5. The second kappa shape index (κ2) is 6.54. The Bertz CT molecular complexity index is 1020. The SMILES string of the molecule is Cc1cc(C)n2nc(C(=O)OCc3cc(Cl)cc4c3OCOC4)nc2n1. The van der Waals surface area contributed by atoms with E-state index in [-0.39, 0.29) is 19.2 Å². The molecule has 3 aromatic rings. The highest BCUT2D eigenvalue weighted by Crippen LogP contribution is 2.32. The van der Waals surface area contributed by atoms with Crippen LogP contribution in [0.3, 0.4) is 0 Å². The number of hydrogen-bond donors (Lipinski definition) is 0. The second-order valence-electron chi connectivity index (χ2n) is 5.93. The minimum absolute atomic E-state index is 0.0112. The number of nitrogens with zero attached hydrogens (tertiary/aromatic N) is 4. The number of rotatable bonds is 3. The number of esters is 1. The Morgan fingerprint density at radius 2 is 2.15 bits per heavy atom. The topological polar surface area (TPSA) is 87.8 Å². The van der Waals surface area contributed by atoms with Crippen molar-refractivity contribution in [1.29, 1.82) is 0 Å². The third-order valence-corrected chi connectivity index (χ3v) is 4.13. The van der Waals surface area contributed by atoms with E-state index in [0.29, 0.717) is 28.7 Å². The molecule has 0 N–H and O–H groups in total. The fraction of sp³-hybridized carbons (Fsp3) is 0.294. The molecule has 0 spiro atoms. The highest BCUT2D eigenvalue weighted by molar-refractivity contribution is 6.30. The Kier molecular flexibility index (Phi) is 4.21. The summed E-state index contributed by atoms with van der Waals surface area (Å²) in [6, 6.07) is 5.32. The van der Waals surface area contributed by atoms with Gasteiger partial charge in [-0.25, -0.2) is 14.3 Å². The summed E-state index contributed by atoms with van der Waals surface area (Å²) >= 11 is 6.11. The molecule has 0 atom stereocenters. The molecule has 0 saturated heterocycles. The van der Waals surface area contributed by atoms with E-state index in [0.717, 1.165) is 17.0 Å². The van der Waals surface area contributed by atoms with Gasteiger partial charge < -0.3 is 14.2 Å². The van der Waals surface area contributed by atoms with Crippen LogP contribution in [0.1, 0.15) is 33.1 Å². The van der Waals surface area contributed by atoms with Crippen molar-refractivity contribution in [3.8, 4) is 5.75 Å². The molecule has 0 aliphatic carbocycles. The van der Waals surface area contributed by atoms with Gasteiger partial charge in [0.05, 0.1) is 6.61 Å². The Morgan fingerprint density at radius 3 is 3.00 bits per heavy atom. The van der Waals surface area contributed by atoms with E-state index in [1.54, 1.807) is 12.1 Å². The van der Waals surface area contributed by atoms with E-state index in [1.807, 2.05) is 19.9 Å². The molecule has 0 saturated carbocycles. The van der Waals surface area contributed by atoms with Crippen molar-refractivity contribution in [1.82, 2.24) is 19.6 Å². The molecule has 0 fully saturated rings. The lowest BCUT2D eigenvalue weighted by molar-refractivity contribution is -0.0180. The summed E-state index contributed by atoms with van der Waals surface area (Å²) < 4.78 is 17.6. The highest BCUT2D eigenvalue weighted by Gasteiger charge is 2.20. The Morgan fingerprint density at radius 1 is 1.31 bits per heavy atom. The molecule has 9 heteroatoms. The van der Waals surface area contributed by atoms with E-state index >= 15 is 0 Å². The van der Waals surface area contributed by atoms with E-state index < -0.39 is 5.97 Å². The van der Waals surface area contributed by atoms with Crippen molar-refractivity contribution in [2.75, 3.05) is 6.79 Å². The first-order chi connectivity index (χ1) is 12.5. The minimum atomic E-state index is -0.645. The van der Waals surface area contributed by atoms with Crippen molar-refractivity contribution in [2.24, 2.45) is 0 Å². The standard InChI is InChI=1S/C17H15ClN4O4/c1-9-3-10(2)22-17(19-9)20-15(21-22)16(23)25-7-12-5-13(18)4-11-6-24-8-26-14(11)12/h3-5H,6-8H2,1-2H3. The fourth-order valence-corrected chi connectivity index (χ4v) is 3.09. The van der Waals surface area contributed by atoms with Gasteiger partial charge in [0.1, 0.15) is 12.4 Å². The zero-order valence-corrected chi connectivity index (χ0v) is 14.9. The van der Waals surface area contributed by atoms with Gasteiger partial charge in [-0.05, 0) is 32.0 Å². The van der Waals surface area contributed by atoms with Crippen LogP contribution in [-0.4, -0.2) is 32.3 Å². The number of carbonyl (C=O) groups is 1. The number of halogens is 1. The van der Waals surface area contributed by atoms with E-state index in [4.69, 9.17) is 25.8 Å². The van der Waals surface area contributed by atoms with Crippen molar-refractivity contribution in [3.63, 3.8) is 0 Å². The Balaban J connectivity index is 1.56. The van der Waals surface area contributed by atoms with E-state index in [1.165, 1.54) is 4.52 Å². The van der Waals surface area contributed by atoms with Crippen LogP contribution in [0.2, 0.25) is 5.02 Å². The van der Waals surface area contributed by atoms with Crippen LogP contribution >= 0.6 is 11.6 Å². The predicted octanol–water partition coefficient (Wildman–Crippen LogP) is 2.62. The van der Waals surface area contributed by atoms with E-state index in [9.17, 15) is 4.79 Å². The zero-order chi connectivity index (χ0) is 18.3. The van der Waals surface area contributed by atoms with Gasteiger partial charge in [0.15, 0.2) is 6.79 Å². The number of ether oxygens (including phenoxy) is 3. The molecule has 1 aromatic carbocycles. The Hall–Kier alpha value is -2.71. The third kappa shape index (κ3) is 3.09. The molecule has 0 bridgehead atoms. The van der Waals surface area contributed by atoms with Gasteiger partial charge in [0.25, 0.3) is 11.6 Å². The van der Waals surface area contributed by atoms with Crippen molar-refractivity contribution < 1.29 is 19.0 Å². The normalized spacial score (nSPS) is 13.3. The Labute approximate surface area is 153 Å². The van der Waals surface area contributed by atoms with Gasteiger partial charge in [0, 0.05) is 27.5 Å². The van der Waals surface area contributed by atoms with Crippen LogP contribution in [-0.2, 0) is 22.7 Å². The minimum Gasteiger partial charge on any atom is -0.467 e. The number of fused-ring (bicyclic) bond motifs is 2.